The van der Waals surface area contributed by atoms with Crippen LogP contribution in [0.1, 0.15) is 19.4 Å². The normalized spacial score (nSPS) is 19.8. The summed E-state index contributed by atoms with van der Waals surface area (Å²) in [6.45, 7) is 5.75. The number of nitrogens with one attached hydrogen (secondary N) is 1. The van der Waals surface area contributed by atoms with Crippen LogP contribution in [-0.4, -0.2) is 24.4 Å². The molecule has 0 aliphatic carbocycles. The van der Waals surface area contributed by atoms with E-state index in [-0.39, 0.29) is 24.3 Å². The standard InChI is InChI=1S/C14H17ClN2O2/c1-8(2)12-14(19)16-7-11(18)17(12)13-9(3)5-4-6-10(13)15/h4-6,8,12H,7H2,1-3H3,(H,16,19). The minimum Gasteiger partial charge on any atom is -0.345 e. The summed E-state index contributed by atoms with van der Waals surface area (Å²) in [5.74, 6) is -0.247. The van der Waals surface area contributed by atoms with E-state index in [0.29, 0.717) is 10.7 Å². The quantitative estimate of drug-likeness (QED) is 0.902. The van der Waals surface area contributed by atoms with E-state index in [1.807, 2.05) is 32.9 Å². The number of benzene rings is 1. The molecule has 1 aromatic carbocycles. The van der Waals surface area contributed by atoms with Gasteiger partial charge in [-0.25, -0.2) is 0 Å². The molecule has 0 bridgehead atoms. The second-order valence-electron chi connectivity index (χ2n) is 5.08. The first-order valence-electron chi connectivity index (χ1n) is 6.28. The van der Waals surface area contributed by atoms with E-state index in [4.69, 9.17) is 11.6 Å². The lowest BCUT2D eigenvalue weighted by atomic mass is 9.97. The molecule has 0 aromatic heterocycles. The number of piperazine rings is 1. The minimum atomic E-state index is -0.514. The average Bonchev–Trinajstić information content (AvgIpc) is 2.32. The van der Waals surface area contributed by atoms with Crippen molar-refractivity contribution in [3.8, 4) is 0 Å². The van der Waals surface area contributed by atoms with Crippen molar-refractivity contribution in [2.75, 3.05) is 11.4 Å². The molecule has 1 fully saturated rings. The van der Waals surface area contributed by atoms with Crippen LogP contribution in [0, 0.1) is 12.8 Å². The molecule has 1 atom stereocenters. The number of aryl methyl sites for hydroxylation is 1. The number of anilines is 1. The van der Waals surface area contributed by atoms with Gasteiger partial charge in [-0.2, -0.15) is 0 Å². The number of halogens is 1. The van der Waals surface area contributed by atoms with Gasteiger partial charge in [-0.1, -0.05) is 37.6 Å². The first kappa shape index (κ1) is 13.9. The van der Waals surface area contributed by atoms with Crippen molar-refractivity contribution in [3.05, 3.63) is 28.8 Å². The van der Waals surface area contributed by atoms with E-state index in [1.165, 1.54) is 0 Å². The average molecular weight is 281 g/mol. The molecule has 1 aliphatic rings. The SMILES string of the molecule is Cc1cccc(Cl)c1N1C(=O)CNC(=O)C1C(C)C. The monoisotopic (exact) mass is 280 g/mol. The van der Waals surface area contributed by atoms with Crippen molar-refractivity contribution in [3.63, 3.8) is 0 Å². The lowest BCUT2D eigenvalue weighted by Crippen LogP contribution is -2.60. The van der Waals surface area contributed by atoms with Crippen molar-refractivity contribution in [2.24, 2.45) is 5.92 Å². The fraction of sp³-hybridized carbons (Fsp3) is 0.429. The molecule has 19 heavy (non-hydrogen) atoms. The molecule has 102 valence electrons. The Morgan fingerprint density at radius 1 is 1.37 bits per heavy atom. The van der Waals surface area contributed by atoms with Crippen LogP contribution in [-0.2, 0) is 9.59 Å². The van der Waals surface area contributed by atoms with Crippen LogP contribution in [0.5, 0.6) is 0 Å². The van der Waals surface area contributed by atoms with Crippen LogP contribution < -0.4 is 10.2 Å². The molecule has 1 aromatic rings. The second-order valence-corrected chi connectivity index (χ2v) is 5.48. The number of carbonyl (C=O) groups excluding carboxylic acids is 2. The number of hydrogen-bond acceptors (Lipinski definition) is 2. The van der Waals surface area contributed by atoms with Crippen molar-refractivity contribution < 1.29 is 9.59 Å². The third kappa shape index (κ3) is 2.45. The molecule has 5 heteroatoms. The number of rotatable bonds is 2. The third-order valence-electron chi connectivity index (χ3n) is 3.29. The van der Waals surface area contributed by atoms with Crippen molar-refractivity contribution in [1.82, 2.24) is 5.32 Å². The second kappa shape index (κ2) is 5.21. The molecule has 1 unspecified atom stereocenters. The van der Waals surface area contributed by atoms with Gasteiger partial charge in [-0.3, -0.25) is 14.5 Å². The van der Waals surface area contributed by atoms with Gasteiger partial charge in [0.15, 0.2) is 0 Å². The number of hydrogen-bond donors (Lipinski definition) is 1. The molecule has 0 saturated carbocycles. The molecular weight excluding hydrogens is 264 g/mol. The van der Waals surface area contributed by atoms with Crippen LogP contribution in [0.4, 0.5) is 5.69 Å². The molecule has 0 radical (unpaired) electrons. The first-order valence-corrected chi connectivity index (χ1v) is 6.66. The topological polar surface area (TPSA) is 49.4 Å². The Labute approximate surface area is 117 Å². The molecule has 2 rings (SSSR count). The Bertz CT molecular complexity index is 508. The molecule has 4 nitrogen and oxygen atoms in total. The van der Waals surface area contributed by atoms with E-state index in [2.05, 4.69) is 5.32 Å². The van der Waals surface area contributed by atoms with E-state index in [1.54, 1.807) is 11.0 Å². The first-order chi connectivity index (χ1) is 8.93. The molecule has 1 N–H and O–H groups in total. The van der Waals surface area contributed by atoms with Gasteiger partial charge in [0, 0.05) is 0 Å². The molecule has 0 spiro atoms. The minimum absolute atomic E-state index is 0.0138. The Kier molecular flexibility index (Phi) is 3.80. The van der Waals surface area contributed by atoms with Crippen molar-refractivity contribution in [2.45, 2.75) is 26.8 Å². The Hall–Kier alpha value is -1.55. The summed E-state index contributed by atoms with van der Waals surface area (Å²) in [6.07, 6.45) is 0. The molecule has 1 aliphatic heterocycles. The summed E-state index contributed by atoms with van der Waals surface area (Å²) in [6, 6.07) is 4.94. The smallest absolute Gasteiger partial charge is 0.247 e. The fourth-order valence-electron chi connectivity index (χ4n) is 2.42. The maximum atomic E-state index is 12.2. The highest BCUT2D eigenvalue weighted by molar-refractivity contribution is 6.34. The highest BCUT2D eigenvalue weighted by atomic mass is 35.5. The zero-order chi connectivity index (χ0) is 14.2. The van der Waals surface area contributed by atoms with Gasteiger partial charge in [-0.05, 0) is 24.5 Å². The van der Waals surface area contributed by atoms with Crippen LogP contribution in [0.2, 0.25) is 5.02 Å². The summed E-state index contributed by atoms with van der Waals surface area (Å²) in [5, 5.41) is 3.12. The lowest BCUT2D eigenvalue weighted by molar-refractivity contribution is -0.131. The molecular formula is C14H17ClN2O2. The fourth-order valence-corrected chi connectivity index (χ4v) is 2.73. The van der Waals surface area contributed by atoms with Gasteiger partial charge < -0.3 is 5.32 Å². The van der Waals surface area contributed by atoms with Gasteiger partial charge >= 0.3 is 0 Å². The largest absolute Gasteiger partial charge is 0.345 e. The van der Waals surface area contributed by atoms with Gasteiger partial charge in [0.2, 0.25) is 11.8 Å². The predicted octanol–water partition coefficient (Wildman–Crippen LogP) is 2.14. The lowest BCUT2D eigenvalue weighted by Gasteiger charge is -2.38. The Morgan fingerprint density at radius 2 is 2.05 bits per heavy atom. The van der Waals surface area contributed by atoms with Crippen LogP contribution in [0.3, 0.4) is 0 Å². The van der Waals surface area contributed by atoms with Gasteiger partial charge in [-0.15, -0.1) is 0 Å². The van der Waals surface area contributed by atoms with Gasteiger partial charge in [0.1, 0.15) is 6.04 Å². The molecule has 1 saturated heterocycles. The highest BCUT2D eigenvalue weighted by Crippen LogP contribution is 2.33. The van der Waals surface area contributed by atoms with E-state index < -0.39 is 6.04 Å². The van der Waals surface area contributed by atoms with Gasteiger partial charge in [0.05, 0.1) is 17.3 Å². The summed E-state index contributed by atoms with van der Waals surface area (Å²) < 4.78 is 0. The maximum Gasteiger partial charge on any atom is 0.247 e. The number of nitrogens with zero attached hydrogens (tertiary/aromatic N) is 1. The van der Waals surface area contributed by atoms with E-state index in [9.17, 15) is 9.59 Å². The highest BCUT2D eigenvalue weighted by Gasteiger charge is 2.38. The van der Waals surface area contributed by atoms with Gasteiger partial charge in [0.25, 0.3) is 0 Å². The summed E-state index contributed by atoms with van der Waals surface area (Å²) in [4.78, 5) is 25.8. The van der Waals surface area contributed by atoms with E-state index >= 15 is 0 Å². The van der Waals surface area contributed by atoms with Crippen LogP contribution in [0.25, 0.3) is 0 Å². The number of amides is 2. The Balaban J connectivity index is 2.55. The van der Waals surface area contributed by atoms with Crippen molar-refractivity contribution in [1.29, 1.82) is 0 Å². The van der Waals surface area contributed by atoms with Crippen LogP contribution in [0.15, 0.2) is 18.2 Å². The van der Waals surface area contributed by atoms with Crippen molar-refractivity contribution >= 4 is 29.1 Å². The summed E-state index contributed by atoms with van der Waals surface area (Å²) in [5.41, 5.74) is 1.53. The van der Waals surface area contributed by atoms with Crippen LogP contribution >= 0.6 is 11.6 Å². The zero-order valence-electron chi connectivity index (χ0n) is 11.2. The number of para-hydroxylation sites is 1. The summed E-state index contributed by atoms with van der Waals surface area (Å²) >= 11 is 6.22. The number of carbonyl (C=O) groups is 2. The molecule has 1 heterocycles. The maximum absolute atomic E-state index is 12.2. The Morgan fingerprint density at radius 3 is 2.63 bits per heavy atom. The predicted molar refractivity (Wildman–Crippen MR) is 75.3 cm³/mol. The third-order valence-corrected chi connectivity index (χ3v) is 3.60. The van der Waals surface area contributed by atoms with E-state index in [0.717, 1.165) is 5.56 Å². The zero-order valence-corrected chi connectivity index (χ0v) is 12.0. The summed E-state index contributed by atoms with van der Waals surface area (Å²) in [7, 11) is 0. The molecule has 2 amide bonds.